The van der Waals surface area contributed by atoms with Crippen molar-refractivity contribution in [1.29, 1.82) is 0 Å². The number of aliphatic hydroxyl groups excluding tert-OH is 5. The van der Waals surface area contributed by atoms with Gasteiger partial charge in [0.05, 0.1) is 12.7 Å². The van der Waals surface area contributed by atoms with Gasteiger partial charge in [-0.3, -0.25) is 4.90 Å². The first-order valence-corrected chi connectivity index (χ1v) is 7.47. The molecule has 0 aliphatic carbocycles. The van der Waals surface area contributed by atoms with Gasteiger partial charge in [0.1, 0.15) is 18.3 Å². The zero-order valence-corrected chi connectivity index (χ0v) is 13.6. The van der Waals surface area contributed by atoms with Crippen LogP contribution in [0.3, 0.4) is 0 Å². The highest BCUT2D eigenvalue weighted by Crippen LogP contribution is 2.22. The number of aliphatic hydroxyl groups is 5. The second-order valence-corrected chi connectivity index (χ2v) is 6.07. The Morgan fingerprint density at radius 3 is 2.18 bits per heavy atom. The predicted octanol–water partition coefficient (Wildman–Crippen LogP) is -0.139. The van der Waals surface area contributed by atoms with Crippen LogP contribution in [0.25, 0.3) is 0 Å². The number of hydrogen-bond acceptors (Lipinski definition) is 6. The van der Waals surface area contributed by atoms with Gasteiger partial charge in [0, 0.05) is 23.1 Å². The van der Waals surface area contributed by atoms with Crippen LogP contribution in [0, 0.1) is 0 Å². The fraction of sp³-hybridized carbons (Fsp3) is 0.571. The molecule has 0 fully saturated rings. The van der Waals surface area contributed by atoms with E-state index in [0.717, 1.165) is 5.56 Å². The summed E-state index contributed by atoms with van der Waals surface area (Å²) in [6, 6.07) is 5.07. The van der Waals surface area contributed by atoms with Crippen LogP contribution in [0.4, 0.5) is 0 Å². The van der Waals surface area contributed by atoms with E-state index in [1.54, 1.807) is 30.1 Å². The molecule has 4 atom stereocenters. The Bertz CT molecular complexity index is 477. The average molecular weight is 354 g/mol. The molecule has 1 aromatic rings. The summed E-state index contributed by atoms with van der Waals surface area (Å²) in [4.78, 5) is 1.70. The van der Waals surface area contributed by atoms with E-state index in [2.05, 4.69) is 0 Å². The monoisotopic (exact) mass is 353 g/mol. The standard InChI is InChI=1S/C14H21Cl2NO5/c1-17(5-8-2-3-9(15)4-10(8)16)6-11(19)13(21)14(22)12(20)7-18/h2-4,11-14,18-22H,5-7H2,1H3/t11-,12-,13+,14-/m1/s1. The maximum absolute atomic E-state index is 9.90. The molecule has 0 aliphatic heterocycles. The van der Waals surface area contributed by atoms with Crippen LogP contribution in [-0.4, -0.2) is 75.0 Å². The molecule has 0 heterocycles. The summed E-state index contributed by atoms with van der Waals surface area (Å²) in [5, 5.41) is 48.2. The molecule has 0 saturated carbocycles. The molecule has 6 nitrogen and oxygen atoms in total. The van der Waals surface area contributed by atoms with Crippen molar-refractivity contribution >= 4 is 23.2 Å². The molecule has 0 radical (unpaired) electrons. The molecule has 8 heteroatoms. The van der Waals surface area contributed by atoms with Crippen molar-refractivity contribution in [3.05, 3.63) is 33.8 Å². The summed E-state index contributed by atoms with van der Waals surface area (Å²) in [6.45, 7) is -0.269. The molecular formula is C14H21Cl2NO5. The Balaban J connectivity index is 2.58. The van der Waals surface area contributed by atoms with Crippen LogP contribution in [0.1, 0.15) is 5.56 Å². The van der Waals surface area contributed by atoms with Crippen molar-refractivity contribution < 1.29 is 25.5 Å². The highest BCUT2D eigenvalue weighted by atomic mass is 35.5. The molecule has 22 heavy (non-hydrogen) atoms. The van der Waals surface area contributed by atoms with E-state index < -0.39 is 31.0 Å². The van der Waals surface area contributed by atoms with E-state index in [0.29, 0.717) is 16.6 Å². The molecule has 0 amide bonds. The van der Waals surface area contributed by atoms with E-state index in [9.17, 15) is 20.4 Å². The summed E-state index contributed by atoms with van der Waals surface area (Å²) in [5.41, 5.74) is 0.797. The fourth-order valence-corrected chi connectivity index (χ4v) is 2.46. The third-order valence-corrected chi connectivity index (χ3v) is 3.87. The van der Waals surface area contributed by atoms with E-state index >= 15 is 0 Å². The lowest BCUT2D eigenvalue weighted by atomic mass is 10.0. The summed E-state index contributed by atoms with van der Waals surface area (Å²) in [7, 11) is 1.70. The molecular weight excluding hydrogens is 333 g/mol. The number of nitrogens with zero attached hydrogens (tertiary/aromatic N) is 1. The van der Waals surface area contributed by atoms with Gasteiger partial charge >= 0.3 is 0 Å². The number of rotatable bonds is 8. The second-order valence-electron chi connectivity index (χ2n) is 5.23. The third-order valence-electron chi connectivity index (χ3n) is 3.28. The Kier molecular flexibility index (Phi) is 8.02. The van der Waals surface area contributed by atoms with Crippen molar-refractivity contribution in [2.45, 2.75) is 31.0 Å². The topological polar surface area (TPSA) is 104 Å². The van der Waals surface area contributed by atoms with E-state index in [1.165, 1.54) is 0 Å². The van der Waals surface area contributed by atoms with Crippen LogP contribution in [0.15, 0.2) is 18.2 Å². The van der Waals surface area contributed by atoms with Gasteiger partial charge in [0.15, 0.2) is 0 Å². The quantitative estimate of drug-likeness (QED) is 0.445. The Hall–Kier alpha value is -0.440. The molecule has 1 aromatic carbocycles. The Morgan fingerprint density at radius 2 is 1.64 bits per heavy atom. The predicted molar refractivity (Wildman–Crippen MR) is 83.9 cm³/mol. The van der Waals surface area contributed by atoms with Crippen LogP contribution < -0.4 is 0 Å². The molecule has 5 N–H and O–H groups in total. The number of benzene rings is 1. The van der Waals surface area contributed by atoms with Crippen LogP contribution in [-0.2, 0) is 6.54 Å². The lowest BCUT2D eigenvalue weighted by Crippen LogP contribution is -2.49. The molecule has 0 unspecified atom stereocenters. The maximum atomic E-state index is 9.90. The van der Waals surface area contributed by atoms with Gasteiger partial charge < -0.3 is 25.5 Å². The summed E-state index contributed by atoms with van der Waals surface area (Å²) in [6.07, 6.45) is -6.02. The first-order chi connectivity index (χ1) is 10.3. The van der Waals surface area contributed by atoms with Crippen LogP contribution in [0.2, 0.25) is 10.0 Å². The minimum Gasteiger partial charge on any atom is -0.394 e. The minimum absolute atomic E-state index is 0.0370. The van der Waals surface area contributed by atoms with Gasteiger partial charge in [0.25, 0.3) is 0 Å². The summed E-state index contributed by atoms with van der Waals surface area (Å²) in [5.74, 6) is 0. The van der Waals surface area contributed by atoms with Crippen molar-refractivity contribution in [2.75, 3.05) is 20.2 Å². The summed E-state index contributed by atoms with van der Waals surface area (Å²) < 4.78 is 0. The number of hydrogen-bond donors (Lipinski definition) is 5. The van der Waals surface area contributed by atoms with Crippen molar-refractivity contribution in [2.24, 2.45) is 0 Å². The highest BCUT2D eigenvalue weighted by Gasteiger charge is 2.30. The van der Waals surface area contributed by atoms with Crippen molar-refractivity contribution in [3.63, 3.8) is 0 Å². The minimum atomic E-state index is -1.63. The highest BCUT2D eigenvalue weighted by molar-refractivity contribution is 6.35. The largest absolute Gasteiger partial charge is 0.394 e. The molecule has 0 bridgehead atoms. The summed E-state index contributed by atoms with van der Waals surface area (Å²) >= 11 is 11.9. The van der Waals surface area contributed by atoms with Gasteiger partial charge in [-0.2, -0.15) is 0 Å². The van der Waals surface area contributed by atoms with Gasteiger partial charge in [0.2, 0.25) is 0 Å². The molecule has 0 spiro atoms. The van der Waals surface area contributed by atoms with Crippen molar-refractivity contribution in [1.82, 2.24) is 4.90 Å². The van der Waals surface area contributed by atoms with Crippen LogP contribution in [0.5, 0.6) is 0 Å². The van der Waals surface area contributed by atoms with Crippen LogP contribution >= 0.6 is 23.2 Å². The second kappa shape index (κ2) is 9.00. The van der Waals surface area contributed by atoms with E-state index in [4.69, 9.17) is 28.3 Å². The zero-order valence-electron chi connectivity index (χ0n) is 12.1. The van der Waals surface area contributed by atoms with E-state index in [1.807, 2.05) is 0 Å². The first kappa shape index (κ1) is 19.6. The van der Waals surface area contributed by atoms with Gasteiger partial charge in [-0.25, -0.2) is 0 Å². The van der Waals surface area contributed by atoms with Gasteiger partial charge in [-0.1, -0.05) is 29.3 Å². The van der Waals surface area contributed by atoms with Crippen molar-refractivity contribution in [3.8, 4) is 0 Å². The average Bonchev–Trinajstić information content (AvgIpc) is 2.47. The maximum Gasteiger partial charge on any atom is 0.111 e. The first-order valence-electron chi connectivity index (χ1n) is 6.71. The van der Waals surface area contributed by atoms with Gasteiger partial charge in [-0.05, 0) is 24.7 Å². The lowest BCUT2D eigenvalue weighted by molar-refractivity contribution is -0.118. The van der Waals surface area contributed by atoms with Gasteiger partial charge in [-0.15, -0.1) is 0 Å². The third kappa shape index (κ3) is 5.64. The molecule has 1 rings (SSSR count). The Morgan fingerprint density at radius 1 is 1.05 bits per heavy atom. The zero-order chi connectivity index (χ0) is 16.9. The molecule has 126 valence electrons. The van der Waals surface area contributed by atoms with E-state index in [-0.39, 0.29) is 6.54 Å². The molecule has 0 aliphatic rings. The number of likely N-dealkylation sites (N-methyl/N-ethyl adjacent to an activating group) is 1. The molecule has 0 saturated heterocycles. The normalized spacial score (nSPS) is 17.3. The number of halogens is 2. The fourth-order valence-electron chi connectivity index (χ4n) is 2.00. The SMILES string of the molecule is CN(Cc1ccc(Cl)cc1Cl)C[C@@H](O)[C@H](O)[C@H](O)[C@H](O)CO. The lowest BCUT2D eigenvalue weighted by Gasteiger charge is -2.28. The smallest absolute Gasteiger partial charge is 0.111 e. The Labute approximate surface area is 139 Å². The molecule has 0 aromatic heterocycles.